The lowest BCUT2D eigenvalue weighted by atomic mass is 10.2. The van der Waals surface area contributed by atoms with E-state index in [0.717, 1.165) is 42.6 Å². The van der Waals surface area contributed by atoms with Crippen LogP contribution in [0.5, 0.6) is 0 Å². The van der Waals surface area contributed by atoms with Gasteiger partial charge in [-0.15, -0.1) is 0 Å². The maximum atomic E-state index is 13.6. The van der Waals surface area contributed by atoms with Gasteiger partial charge in [0.1, 0.15) is 5.82 Å². The molecule has 0 atom stereocenters. The number of anilines is 2. The topological polar surface area (TPSA) is 102 Å². The highest BCUT2D eigenvalue weighted by molar-refractivity contribution is 6.00. The van der Waals surface area contributed by atoms with Gasteiger partial charge in [-0.2, -0.15) is 18.3 Å². The Bertz CT molecular complexity index is 1050. The van der Waals surface area contributed by atoms with Crippen molar-refractivity contribution >= 4 is 23.1 Å². The lowest BCUT2D eigenvalue weighted by Crippen LogP contribution is -2.22. The summed E-state index contributed by atoms with van der Waals surface area (Å²) in [7, 11) is 0. The Morgan fingerprint density at radius 2 is 1.66 bits per heavy atom. The van der Waals surface area contributed by atoms with Crippen molar-refractivity contribution in [1.29, 1.82) is 0 Å². The number of nitro groups is 1. The second-order valence-corrected chi connectivity index (χ2v) is 5.68. The molecule has 2 N–H and O–H groups in total. The number of alkyl halides is 3. The van der Waals surface area contributed by atoms with Gasteiger partial charge in [-0.3, -0.25) is 10.1 Å². The number of aromatic nitrogens is 2. The maximum absolute atomic E-state index is 13.6. The van der Waals surface area contributed by atoms with Crippen LogP contribution in [0.1, 0.15) is 5.69 Å². The first kappa shape index (κ1) is 19.8. The molecule has 1 aromatic heterocycles. The number of carbonyl (C=O) groups is 1. The summed E-state index contributed by atoms with van der Waals surface area (Å²) in [6.07, 6.45) is -4.09. The van der Waals surface area contributed by atoms with Gasteiger partial charge in [0.05, 0.1) is 22.5 Å². The van der Waals surface area contributed by atoms with Crippen molar-refractivity contribution in [3.05, 3.63) is 76.4 Å². The van der Waals surface area contributed by atoms with Gasteiger partial charge in [0.2, 0.25) is 0 Å². The van der Waals surface area contributed by atoms with E-state index in [2.05, 4.69) is 10.4 Å². The molecule has 0 saturated carbocycles. The second kappa shape index (κ2) is 7.58. The van der Waals surface area contributed by atoms with Crippen LogP contribution in [0, 0.1) is 15.9 Å². The van der Waals surface area contributed by atoms with E-state index >= 15 is 0 Å². The third-order valence-electron chi connectivity index (χ3n) is 3.69. The van der Waals surface area contributed by atoms with Crippen LogP contribution in [0.4, 0.5) is 39.4 Å². The minimum absolute atomic E-state index is 0.0880. The predicted octanol–water partition coefficient (Wildman–Crippen LogP) is 4.58. The highest BCUT2D eigenvalue weighted by atomic mass is 19.4. The minimum atomic E-state index is -4.89. The van der Waals surface area contributed by atoms with Crippen molar-refractivity contribution in [2.75, 3.05) is 10.6 Å². The van der Waals surface area contributed by atoms with Crippen LogP contribution < -0.4 is 10.6 Å². The quantitative estimate of drug-likeness (QED) is 0.374. The fraction of sp³-hybridized carbons (Fsp3) is 0.0588. The van der Waals surface area contributed by atoms with Crippen LogP contribution in [0.15, 0.2) is 54.7 Å². The summed E-state index contributed by atoms with van der Waals surface area (Å²) < 4.78 is 54.1. The van der Waals surface area contributed by atoms with E-state index in [4.69, 9.17) is 0 Å². The number of halogens is 4. The molecule has 0 saturated heterocycles. The molecule has 0 unspecified atom stereocenters. The highest BCUT2D eigenvalue weighted by Crippen LogP contribution is 2.36. The van der Waals surface area contributed by atoms with Crippen molar-refractivity contribution in [3.63, 3.8) is 0 Å². The van der Waals surface area contributed by atoms with E-state index < -0.39 is 34.3 Å². The first-order valence-electron chi connectivity index (χ1n) is 7.89. The van der Waals surface area contributed by atoms with Crippen LogP contribution >= 0.6 is 0 Å². The van der Waals surface area contributed by atoms with E-state index in [-0.39, 0.29) is 17.1 Å². The fourth-order valence-electron chi connectivity index (χ4n) is 2.44. The van der Waals surface area contributed by atoms with E-state index in [0.29, 0.717) is 4.68 Å². The molecule has 0 aliphatic heterocycles. The molecular formula is C17H11F4N5O3. The Balaban J connectivity index is 1.88. The number of nitrogens with zero attached hydrogens (tertiary/aromatic N) is 3. The van der Waals surface area contributed by atoms with Crippen molar-refractivity contribution in [2.45, 2.75) is 6.18 Å². The number of carbonyl (C=O) groups excluding carboxylic acids is 1. The summed E-state index contributed by atoms with van der Waals surface area (Å²) in [6.45, 7) is 0. The van der Waals surface area contributed by atoms with Gasteiger partial charge in [0.25, 0.3) is 5.69 Å². The number of nitrogens with one attached hydrogen (secondary N) is 2. The minimum Gasteiger partial charge on any atom is -0.308 e. The average Bonchev–Trinajstić information content (AvgIpc) is 3.07. The molecule has 3 aromatic rings. The molecule has 0 fully saturated rings. The largest absolute Gasteiger partial charge is 0.435 e. The number of urea groups is 1. The van der Waals surface area contributed by atoms with Crippen LogP contribution in [0.3, 0.4) is 0 Å². The molecule has 0 aliphatic carbocycles. The number of benzene rings is 2. The predicted molar refractivity (Wildman–Crippen MR) is 94.3 cm³/mol. The zero-order chi connectivity index (χ0) is 21.2. The molecular weight excluding hydrogens is 398 g/mol. The Hall–Kier alpha value is -3.96. The number of rotatable bonds is 4. The molecule has 0 aliphatic rings. The van der Waals surface area contributed by atoms with Crippen molar-refractivity contribution in [3.8, 4) is 5.69 Å². The Kier molecular flexibility index (Phi) is 5.17. The lowest BCUT2D eigenvalue weighted by molar-refractivity contribution is -0.384. The van der Waals surface area contributed by atoms with Crippen molar-refractivity contribution < 1.29 is 27.3 Å². The van der Waals surface area contributed by atoms with Crippen molar-refractivity contribution in [2.24, 2.45) is 0 Å². The van der Waals surface area contributed by atoms with E-state index in [1.54, 1.807) is 0 Å². The molecule has 1 heterocycles. The third-order valence-corrected chi connectivity index (χ3v) is 3.69. The summed E-state index contributed by atoms with van der Waals surface area (Å²) in [6, 6.07) is 7.89. The van der Waals surface area contributed by atoms with Gasteiger partial charge in [0.15, 0.2) is 5.69 Å². The molecule has 12 heteroatoms. The third kappa shape index (κ3) is 4.48. The Morgan fingerprint density at radius 1 is 1.03 bits per heavy atom. The molecule has 29 heavy (non-hydrogen) atoms. The number of hydrogen-bond donors (Lipinski definition) is 2. The standard InChI is InChI=1S/C17H11F4N5O3/c18-10-1-3-11(4-2-10)23-16(27)24-14-9-22-25(15(14)17(19,20)21)12-5-7-13(8-6-12)26(28)29/h1-9H,(H2,23,24,27). The Morgan fingerprint density at radius 3 is 2.21 bits per heavy atom. The number of amides is 2. The monoisotopic (exact) mass is 409 g/mol. The zero-order valence-corrected chi connectivity index (χ0v) is 14.3. The van der Waals surface area contributed by atoms with Crippen LogP contribution in [-0.4, -0.2) is 20.7 Å². The number of hydrogen-bond acceptors (Lipinski definition) is 4. The zero-order valence-electron chi connectivity index (χ0n) is 14.3. The molecule has 2 aromatic carbocycles. The van der Waals surface area contributed by atoms with Gasteiger partial charge in [-0.1, -0.05) is 0 Å². The van der Waals surface area contributed by atoms with Gasteiger partial charge < -0.3 is 10.6 Å². The van der Waals surface area contributed by atoms with Gasteiger partial charge in [0, 0.05) is 17.8 Å². The number of nitro benzene ring substituents is 1. The summed E-state index contributed by atoms with van der Waals surface area (Å²) in [4.78, 5) is 22.0. The second-order valence-electron chi connectivity index (χ2n) is 5.68. The summed E-state index contributed by atoms with van der Waals surface area (Å²) in [5, 5.41) is 18.6. The van der Waals surface area contributed by atoms with E-state index in [1.165, 1.54) is 12.1 Å². The molecule has 0 radical (unpaired) electrons. The Labute approximate surface area is 159 Å². The first-order chi connectivity index (χ1) is 13.6. The fourth-order valence-corrected chi connectivity index (χ4v) is 2.44. The molecule has 0 bridgehead atoms. The summed E-state index contributed by atoms with van der Waals surface area (Å²) in [5.74, 6) is -0.542. The summed E-state index contributed by atoms with van der Waals surface area (Å²) >= 11 is 0. The first-order valence-corrected chi connectivity index (χ1v) is 7.89. The normalized spacial score (nSPS) is 11.2. The molecule has 8 nitrogen and oxygen atoms in total. The number of non-ortho nitro benzene ring substituents is 1. The van der Waals surface area contributed by atoms with Gasteiger partial charge in [-0.05, 0) is 36.4 Å². The molecule has 0 spiro atoms. The SMILES string of the molecule is O=C(Nc1ccc(F)cc1)Nc1cnn(-c2ccc([N+](=O)[O-])cc2)c1C(F)(F)F. The van der Waals surface area contributed by atoms with Gasteiger partial charge in [-0.25, -0.2) is 13.9 Å². The maximum Gasteiger partial charge on any atom is 0.435 e. The van der Waals surface area contributed by atoms with Crippen LogP contribution in [0.2, 0.25) is 0 Å². The van der Waals surface area contributed by atoms with Crippen LogP contribution in [-0.2, 0) is 6.18 Å². The van der Waals surface area contributed by atoms with Gasteiger partial charge >= 0.3 is 12.2 Å². The highest BCUT2D eigenvalue weighted by Gasteiger charge is 2.39. The molecule has 150 valence electrons. The molecule has 2 amide bonds. The summed E-state index contributed by atoms with van der Waals surface area (Å²) in [5.41, 5.74) is -2.13. The van der Waals surface area contributed by atoms with Crippen molar-refractivity contribution in [1.82, 2.24) is 9.78 Å². The lowest BCUT2D eigenvalue weighted by Gasteiger charge is -2.13. The van der Waals surface area contributed by atoms with E-state index in [1.807, 2.05) is 5.32 Å². The average molecular weight is 409 g/mol. The van der Waals surface area contributed by atoms with Crippen LogP contribution in [0.25, 0.3) is 5.69 Å². The smallest absolute Gasteiger partial charge is 0.308 e. The van der Waals surface area contributed by atoms with E-state index in [9.17, 15) is 32.5 Å². The molecule has 3 rings (SSSR count).